The first-order chi connectivity index (χ1) is 4.56. The Bertz CT molecular complexity index is 93.1. The highest BCUT2D eigenvalue weighted by atomic mass is 14.1. The molecular formula is C10H19. The first-order valence-corrected chi connectivity index (χ1v) is 4.03. The van der Waals surface area contributed by atoms with Gasteiger partial charge in [0.05, 0.1) is 0 Å². The summed E-state index contributed by atoms with van der Waals surface area (Å²) in [6, 6.07) is 0. The third-order valence-corrected chi connectivity index (χ3v) is 1.24. The van der Waals surface area contributed by atoms with Crippen LogP contribution < -0.4 is 0 Å². The zero-order valence-corrected chi connectivity index (χ0v) is 7.48. The van der Waals surface area contributed by atoms with Crippen LogP contribution in [-0.2, 0) is 0 Å². The zero-order chi connectivity index (χ0) is 8.04. The van der Waals surface area contributed by atoms with Gasteiger partial charge in [0.2, 0.25) is 0 Å². The molecule has 0 heteroatoms. The van der Waals surface area contributed by atoms with Crippen molar-refractivity contribution in [2.45, 2.75) is 40.0 Å². The normalized spacial score (nSPS) is 12.8. The average Bonchev–Trinajstić information content (AvgIpc) is 1.78. The molecule has 0 saturated heterocycles. The smallest absolute Gasteiger partial charge is 0.0203 e. The van der Waals surface area contributed by atoms with E-state index in [9.17, 15) is 0 Å². The molecule has 0 saturated carbocycles. The molecule has 0 nitrogen and oxygen atoms in total. The third-order valence-electron chi connectivity index (χ3n) is 1.24. The Hall–Kier alpha value is -0.260. The molecule has 0 amide bonds. The van der Waals surface area contributed by atoms with E-state index in [2.05, 4.69) is 39.8 Å². The summed E-state index contributed by atoms with van der Waals surface area (Å²) in [6.07, 6.45) is 7.97. The molecule has 1 radical (unpaired) electrons. The molecule has 0 aromatic heterocycles. The van der Waals surface area contributed by atoms with E-state index < -0.39 is 0 Å². The fourth-order valence-electron chi connectivity index (χ4n) is 0.699. The summed E-state index contributed by atoms with van der Waals surface area (Å²) in [5.74, 6) is 0. The van der Waals surface area contributed by atoms with Crippen molar-refractivity contribution in [1.29, 1.82) is 0 Å². The van der Waals surface area contributed by atoms with Gasteiger partial charge in [-0.2, -0.15) is 0 Å². The summed E-state index contributed by atoms with van der Waals surface area (Å²) >= 11 is 0. The molecule has 0 fully saturated rings. The molecule has 0 aliphatic carbocycles. The third kappa shape index (κ3) is 7.74. The van der Waals surface area contributed by atoms with Gasteiger partial charge in [-0.05, 0) is 18.3 Å². The first-order valence-electron chi connectivity index (χ1n) is 4.03. The van der Waals surface area contributed by atoms with Crippen molar-refractivity contribution in [3.63, 3.8) is 0 Å². The lowest BCUT2D eigenvalue weighted by Gasteiger charge is -2.10. The maximum absolute atomic E-state index is 3.79. The molecule has 0 aliphatic rings. The highest BCUT2D eigenvalue weighted by molar-refractivity contribution is 4.91. The predicted molar refractivity (Wildman–Crippen MR) is 47.8 cm³/mol. The van der Waals surface area contributed by atoms with Gasteiger partial charge in [-0.25, -0.2) is 0 Å². The Labute approximate surface area is 65.3 Å². The standard InChI is InChI=1S/C10H19/c1-5-6-7-8-9-10(2,3)4/h8-9H,1,5-7H2,2-4H3/b9-8+. The van der Waals surface area contributed by atoms with E-state index in [0.29, 0.717) is 5.41 Å². The largest absolute Gasteiger partial charge is 0.0880 e. The van der Waals surface area contributed by atoms with E-state index in [0.717, 1.165) is 6.42 Å². The van der Waals surface area contributed by atoms with E-state index in [4.69, 9.17) is 0 Å². The molecule has 0 heterocycles. The van der Waals surface area contributed by atoms with Gasteiger partial charge in [-0.3, -0.25) is 0 Å². The van der Waals surface area contributed by atoms with E-state index in [1.54, 1.807) is 0 Å². The molecule has 0 aromatic carbocycles. The lowest BCUT2D eigenvalue weighted by molar-refractivity contribution is 0.541. The van der Waals surface area contributed by atoms with E-state index in [-0.39, 0.29) is 0 Å². The Morgan fingerprint density at radius 1 is 1.30 bits per heavy atom. The molecule has 0 atom stereocenters. The minimum atomic E-state index is 0.348. The minimum Gasteiger partial charge on any atom is -0.0880 e. The Kier molecular flexibility index (Phi) is 4.42. The second kappa shape index (κ2) is 4.54. The molecule has 10 heavy (non-hydrogen) atoms. The van der Waals surface area contributed by atoms with Crippen molar-refractivity contribution in [2.75, 3.05) is 0 Å². The van der Waals surface area contributed by atoms with Crippen LogP contribution in [0.3, 0.4) is 0 Å². The van der Waals surface area contributed by atoms with Crippen LogP contribution in [0.5, 0.6) is 0 Å². The lowest BCUT2D eigenvalue weighted by Crippen LogP contribution is -1.97. The van der Waals surface area contributed by atoms with Gasteiger partial charge in [0.15, 0.2) is 0 Å². The second-order valence-corrected chi connectivity index (χ2v) is 3.76. The topological polar surface area (TPSA) is 0 Å². The van der Waals surface area contributed by atoms with Gasteiger partial charge in [-0.15, -0.1) is 0 Å². The van der Waals surface area contributed by atoms with E-state index >= 15 is 0 Å². The Balaban J connectivity index is 3.37. The molecular weight excluding hydrogens is 120 g/mol. The van der Waals surface area contributed by atoms with Crippen molar-refractivity contribution >= 4 is 0 Å². The molecule has 0 bridgehead atoms. The van der Waals surface area contributed by atoms with Gasteiger partial charge in [0.25, 0.3) is 0 Å². The first kappa shape index (κ1) is 9.74. The fraction of sp³-hybridized carbons (Fsp3) is 0.700. The quantitative estimate of drug-likeness (QED) is 0.414. The monoisotopic (exact) mass is 139 g/mol. The number of hydrogen-bond acceptors (Lipinski definition) is 0. The molecule has 59 valence electrons. The summed E-state index contributed by atoms with van der Waals surface area (Å²) in [4.78, 5) is 0. The summed E-state index contributed by atoms with van der Waals surface area (Å²) in [6.45, 7) is 10.4. The highest BCUT2D eigenvalue weighted by Gasteiger charge is 2.01. The van der Waals surface area contributed by atoms with E-state index in [1.807, 2.05) is 0 Å². The number of rotatable bonds is 3. The average molecular weight is 139 g/mol. The second-order valence-electron chi connectivity index (χ2n) is 3.76. The molecule has 0 aromatic rings. The van der Waals surface area contributed by atoms with Crippen molar-refractivity contribution in [3.8, 4) is 0 Å². The van der Waals surface area contributed by atoms with Crippen LogP contribution in [-0.4, -0.2) is 0 Å². The van der Waals surface area contributed by atoms with Crippen molar-refractivity contribution in [1.82, 2.24) is 0 Å². The van der Waals surface area contributed by atoms with Crippen LogP contribution in [0.1, 0.15) is 40.0 Å². The summed E-state index contributed by atoms with van der Waals surface area (Å²) < 4.78 is 0. The summed E-state index contributed by atoms with van der Waals surface area (Å²) in [5, 5.41) is 0. The molecule has 0 N–H and O–H groups in total. The maximum atomic E-state index is 3.79. The fourth-order valence-corrected chi connectivity index (χ4v) is 0.699. The molecule has 0 unspecified atom stereocenters. The van der Waals surface area contributed by atoms with Crippen LogP contribution in [0.2, 0.25) is 0 Å². The Morgan fingerprint density at radius 2 is 1.90 bits per heavy atom. The molecule has 0 spiro atoms. The van der Waals surface area contributed by atoms with Gasteiger partial charge in [0, 0.05) is 0 Å². The van der Waals surface area contributed by atoms with Crippen molar-refractivity contribution in [3.05, 3.63) is 19.1 Å². The van der Waals surface area contributed by atoms with Gasteiger partial charge >= 0.3 is 0 Å². The number of hydrogen-bond donors (Lipinski definition) is 0. The van der Waals surface area contributed by atoms with Gasteiger partial charge < -0.3 is 0 Å². The predicted octanol–water partition coefficient (Wildman–Crippen LogP) is 3.59. The van der Waals surface area contributed by atoms with E-state index in [1.165, 1.54) is 12.8 Å². The summed E-state index contributed by atoms with van der Waals surface area (Å²) in [5.41, 5.74) is 0.348. The number of allylic oxidation sites excluding steroid dienone is 2. The zero-order valence-electron chi connectivity index (χ0n) is 7.48. The van der Waals surface area contributed by atoms with Gasteiger partial charge in [0.1, 0.15) is 0 Å². The number of unbranched alkanes of at least 4 members (excludes halogenated alkanes) is 2. The minimum absolute atomic E-state index is 0.348. The summed E-state index contributed by atoms with van der Waals surface area (Å²) in [7, 11) is 0. The van der Waals surface area contributed by atoms with Gasteiger partial charge in [-0.1, -0.05) is 46.3 Å². The Morgan fingerprint density at radius 3 is 2.30 bits per heavy atom. The molecule has 0 aliphatic heterocycles. The van der Waals surface area contributed by atoms with Crippen LogP contribution >= 0.6 is 0 Å². The maximum Gasteiger partial charge on any atom is -0.0203 e. The lowest BCUT2D eigenvalue weighted by atomic mass is 9.96. The van der Waals surface area contributed by atoms with Crippen molar-refractivity contribution in [2.24, 2.45) is 5.41 Å². The van der Waals surface area contributed by atoms with Crippen LogP contribution in [0.15, 0.2) is 12.2 Å². The van der Waals surface area contributed by atoms with Crippen LogP contribution in [0.25, 0.3) is 0 Å². The van der Waals surface area contributed by atoms with Crippen LogP contribution in [0.4, 0.5) is 0 Å². The molecule has 0 rings (SSSR count). The van der Waals surface area contributed by atoms with Crippen molar-refractivity contribution < 1.29 is 0 Å². The SMILES string of the molecule is [CH2]CCC/C=C/C(C)(C)C. The highest BCUT2D eigenvalue weighted by Crippen LogP contribution is 2.15. The van der Waals surface area contributed by atoms with Crippen LogP contribution in [0, 0.1) is 12.3 Å².